The van der Waals surface area contributed by atoms with E-state index in [9.17, 15) is 9.59 Å². The van der Waals surface area contributed by atoms with Gasteiger partial charge in [-0.15, -0.1) is 0 Å². The van der Waals surface area contributed by atoms with Crippen molar-refractivity contribution in [2.45, 2.75) is 32.9 Å². The fourth-order valence-electron chi connectivity index (χ4n) is 1.72. The van der Waals surface area contributed by atoms with Crippen LogP contribution in [-0.4, -0.2) is 58.1 Å². The number of carbonyl (C=O) groups excluding carboxylic acids is 1. The number of ether oxygens (including phenoxy) is 1. The second-order valence-electron chi connectivity index (χ2n) is 4.69. The first-order valence-corrected chi connectivity index (χ1v) is 6.78. The summed E-state index contributed by atoms with van der Waals surface area (Å²) in [5.74, 6) is -1.04. The molecular weight excluding hydrogens is 276 g/mol. The van der Waals surface area contributed by atoms with Gasteiger partial charge in [0, 0.05) is 19.3 Å². The lowest BCUT2D eigenvalue weighted by Crippen LogP contribution is -2.44. The molecule has 0 aliphatic heterocycles. The smallest absolute Gasteiger partial charge is 0.323 e. The summed E-state index contributed by atoms with van der Waals surface area (Å²) in [5.41, 5.74) is 0.523. The number of amides is 2. The summed E-state index contributed by atoms with van der Waals surface area (Å²) in [6.07, 6.45) is 3.86. The molecule has 0 radical (unpaired) electrons. The molecule has 1 atom stereocenters. The maximum Gasteiger partial charge on any atom is 0.323 e. The topological polar surface area (TPSA) is 96.7 Å². The van der Waals surface area contributed by atoms with E-state index in [2.05, 4.69) is 10.4 Å². The van der Waals surface area contributed by atoms with E-state index in [1.54, 1.807) is 18.0 Å². The molecule has 2 amide bonds. The van der Waals surface area contributed by atoms with Gasteiger partial charge in [0.1, 0.15) is 6.54 Å². The van der Waals surface area contributed by atoms with Gasteiger partial charge in [0.05, 0.1) is 25.0 Å². The van der Waals surface area contributed by atoms with Gasteiger partial charge in [0.25, 0.3) is 0 Å². The van der Waals surface area contributed by atoms with Crippen LogP contribution in [0.3, 0.4) is 0 Å². The third kappa shape index (κ3) is 5.42. The van der Waals surface area contributed by atoms with Crippen molar-refractivity contribution in [3.8, 4) is 0 Å². The highest BCUT2D eigenvalue weighted by molar-refractivity contribution is 5.91. The number of aromatic nitrogens is 2. The standard InChI is InChI=1S/C13H22N4O4/c1-4-10(2)17(9-12(18)19)13(20)15-11-7-14-16(8-11)5-6-21-3/h7-8,10H,4-6,9H2,1-3H3,(H,15,20)(H,18,19). The third-order valence-electron chi connectivity index (χ3n) is 3.10. The van der Waals surface area contributed by atoms with E-state index in [-0.39, 0.29) is 12.6 Å². The van der Waals surface area contributed by atoms with Crippen molar-refractivity contribution in [1.29, 1.82) is 0 Å². The van der Waals surface area contributed by atoms with Crippen LogP contribution < -0.4 is 5.32 Å². The highest BCUT2D eigenvalue weighted by Gasteiger charge is 2.21. The molecule has 1 rings (SSSR count). The van der Waals surface area contributed by atoms with Crippen LogP contribution in [0.2, 0.25) is 0 Å². The lowest BCUT2D eigenvalue weighted by Gasteiger charge is -2.26. The number of methoxy groups -OCH3 is 1. The number of anilines is 1. The SMILES string of the molecule is CCC(C)N(CC(=O)O)C(=O)Nc1cnn(CCOC)c1. The lowest BCUT2D eigenvalue weighted by molar-refractivity contribution is -0.138. The van der Waals surface area contributed by atoms with Crippen LogP contribution in [0.15, 0.2) is 12.4 Å². The van der Waals surface area contributed by atoms with Crippen LogP contribution >= 0.6 is 0 Å². The fraction of sp³-hybridized carbons (Fsp3) is 0.615. The number of hydrogen-bond donors (Lipinski definition) is 2. The molecule has 1 heterocycles. The van der Waals surface area contributed by atoms with Crippen LogP contribution in [0.25, 0.3) is 0 Å². The second-order valence-corrected chi connectivity index (χ2v) is 4.69. The molecule has 0 spiro atoms. The Kier molecular flexibility index (Phi) is 6.67. The van der Waals surface area contributed by atoms with E-state index in [4.69, 9.17) is 9.84 Å². The Morgan fingerprint density at radius 3 is 2.86 bits per heavy atom. The number of aliphatic carboxylic acids is 1. The maximum atomic E-state index is 12.2. The summed E-state index contributed by atoms with van der Waals surface area (Å²) >= 11 is 0. The zero-order chi connectivity index (χ0) is 15.8. The van der Waals surface area contributed by atoms with Gasteiger partial charge in [-0.1, -0.05) is 6.92 Å². The van der Waals surface area contributed by atoms with Crippen molar-refractivity contribution in [3.05, 3.63) is 12.4 Å². The highest BCUT2D eigenvalue weighted by atomic mass is 16.5. The van der Waals surface area contributed by atoms with E-state index in [0.717, 1.165) is 0 Å². The van der Waals surface area contributed by atoms with E-state index in [1.807, 2.05) is 13.8 Å². The first kappa shape index (κ1) is 17.0. The van der Waals surface area contributed by atoms with Crippen LogP contribution in [0.1, 0.15) is 20.3 Å². The molecule has 0 aromatic carbocycles. The molecule has 0 saturated carbocycles. The van der Waals surface area contributed by atoms with Crippen LogP contribution in [0.5, 0.6) is 0 Å². The van der Waals surface area contributed by atoms with Gasteiger partial charge in [0.15, 0.2) is 0 Å². The molecule has 8 nitrogen and oxygen atoms in total. The number of nitrogens with one attached hydrogen (secondary N) is 1. The Balaban J connectivity index is 2.67. The van der Waals surface area contributed by atoms with Gasteiger partial charge in [-0.3, -0.25) is 9.48 Å². The molecule has 1 aromatic rings. The monoisotopic (exact) mass is 298 g/mol. The van der Waals surface area contributed by atoms with Crippen molar-refractivity contribution in [3.63, 3.8) is 0 Å². The molecule has 0 fully saturated rings. The maximum absolute atomic E-state index is 12.2. The number of hydrogen-bond acceptors (Lipinski definition) is 4. The lowest BCUT2D eigenvalue weighted by atomic mass is 10.2. The molecule has 0 aliphatic rings. The molecule has 2 N–H and O–H groups in total. The Bertz CT molecular complexity index is 474. The quantitative estimate of drug-likeness (QED) is 0.753. The Morgan fingerprint density at radius 2 is 2.29 bits per heavy atom. The minimum Gasteiger partial charge on any atom is -0.480 e. The van der Waals surface area contributed by atoms with E-state index < -0.39 is 12.0 Å². The van der Waals surface area contributed by atoms with E-state index >= 15 is 0 Å². The number of nitrogens with zero attached hydrogens (tertiary/aromatic N) is 3. The molecule has 118 valence electrons. The third-order valence-corrected chi connectivity index (χ3v) is 3.10. The summed E-state index contributed by atoms with van der Waals surface area (Å²) < 4.78 is 6.59. The number of carboxylic acid groups (broad SMARTS) is 1. The second kappa shape index (κ2) is 8.25. The molecule has 21 heavy (non-hydrogen) atoms. The summed E-state index contributed by atoms with van der Waals surface area (Å²) in [6, 6.07) is -0.609. The van der Waals surface area contributed by atoms with Crippen LogP contribution in [0.4, 0.5) is 10.5 Å². The zero-order valence-corrected chi connectivity index (χ0v) is 12.6. The average molecular weight is 298 g/mol. The van der Waals surface area contributed by atoms with Crippen molar-refractivity contribution in [2.24, 2.45) is 0 Å². The van der Waals surface area contributed by atoms with Gasteiger partial charge in [-0.05, 0) is 13.3 Å². The minimum atomic E-state index is -1.04. The van der Waals surface area contributed by atoms with Gasteiger partial charge in [-0.25, -0.2) is 4.79 Å². The van der Waals surface area contributed by atoms with Gasteiger partial charge in [-0.2, -0.15) is 5.10 Å². The molecule has 1 aromatic heterocycles. The Labute approximate surface area is 123 Å². The highest BCUT2D eigenvalue weighted by Crippen LogP contribution is 2.10. The number of carboxylic acids is 1. The summed E-state index contributed by atoms with van der Waals surface area (Å²) in [4.78, 5) is 24.3. The van der Waals surface area contributed by atoms with Crippen LogP contribution in [-0.2, 0) is 16.1 Å². The Morgan fingerprint density at radius 1 is 1.57 bits per heavy atom. The van der Waals surface area contributed by atoms with Crippen molar-refractivity contribution >= 4 is 17.7 Å². The average Bonchev–Trinajstić information content (AvgIpc) is 2.88. The normalized spacial score (nSPS) is 12.0. The largest absolute Gasteiger partial charge is 0.480 e. The molecule has 0 saturated heterocycles. The van der Waals surface area contributed by atoms with Gasteiger partial charge >= 0.3 is 12.0 Å². The number of carbonyl (C=O) groups is 2. The van der Waals surface area contributed by atoms with E-state index in [0.29, 0.717) is 25.3 Å². The first-order valence-electron chi connectivity index (χ1n) is 6.78. The fourth-order valence-corrected chi connectivity index (χ4v) is 1.72. The van der Waals surface area contributed by atoms with Gasteiger partial charge < -0.3 is 20.1 Å². The predicted molar refractivity (Wildman–Crippen MR) is 77.2 cm³/mol. The number of rotatable bonds is 8. The molecular formula is C13H22N4O4. The van der Waals surface area contributed by atoms with Crippen molar-refractivity contribution in [1.82, 2.24) is 14.7 Å². The number of urea groups is 1. The molecule has 0 aliphatic carbocycles. The molecule has 1 unspecified atom stereocenters. The predicted octanol–water partition coefficient (Wildman–Crippen LogP) is 1.25. The molecule has 8 heteroatoms. The zero-order valence-electron chi connectivity index (χ0n) is 12.6. The summed E-state index contributed by atoms with van der Waals surface area (Å²) in [5, 5.41) is 15.6. The van der Waals surface area contributed by atoms with Crippen molar-refractivity contribution < 1.29 is 19.4 Å². The summed E-state index contributed by atoms with van der Waals surface area (Å²) in [7, 11) is 1.60. The Hall–Kier alpha value is -2.09. The van der Waals surface area contributed by atoms with Crippen LogP contribution in [0, 0.1) is 0 Å². The summed E-state index contributed by atoms with van der Waals surface area (Å²) in [6.45, 7) is 4.47. The van der Waals surface area contributed by atoms with Gasteiger partial charge in [0.2, 0.25) is 0 Å². The minimum absolute atomic E-state index is 0.162. The van der Waals surface area contributed by atoms with Crippen molar-refractivity contribution in [2.75, 3.05) is 25.6 Å². The van der Waals surface area contributed by atoms with E-state index in [1.165, 1.54) is 11.1 Å². The first-order chi connectivity index (χ1) is 9.97. The molecule has 0 bridgehead atoms.